The zero-order chi connectivity index (χ0) is 25.5. The van der Waals surface area contributed by atoms with Crippen molar-refractivity contribution in [3.8, 4) is 5.75 Å². The Hall–Kier alpha value is -4.32. The number of aliphatic carboxylic acids is 1. The molecule has 3 aromatic carbocycles. The van der Waals surface area contributed by atoms with E-state index in [9.17, 15) is 14.7 Å². The highest BCUT2D eigenvalue weighted by Crippen LogP contribution is 2.28. The van der Waals surface area contributed by atoms with Crippen LogP contribution in [0.2, 0.25) is 0 Å². The first-order chi connectivity index (χ1) is 17.4. The fourth-order valence-corrected chi connectivity index (χ4v) is 4.01. The van der Waals surface area contributed by atoms with Crippen LogP contribution in [-0.2, 0) is 29.2 Å². The number of hydrogen-bond donors (Lipinski definition) is 1. The summed E-state index contributed by atoms with van der Waals surface area (Å²) in [5, 5.41) is 10.2. The van der Waals surface area contributed by atoms with Crippen molar-refractivity contribution in [3.05, 3.63) is 107 Å². The van der Waals surface area contributed by atoms with E-state index in [0.717, 1.165) is 28.5 Å². The summed E-state index contributed by atoms with van der Waals surface area (Å²) in [6, 6.07) is 25.7. The summed E-state index contributed by atoms with van der Waals surface area (Å²) in [5.74, 6) is -0.320. The number of fused-ring (bicyclic) bond motifs is 1. The van der Waals surface area contributed by atoms with Gasteiger partial charge in [-0.2, -0.15) is 0 Å². The first kappa shape index (κ1) is 24.8. The molecule has 6 nitrogen and oxygen atoms in total. The van der Waals surface area contributed by atoms with Crippen LogP contribution in [0.5, 0.6) is 5.75 Å². The average Bonchev–Trinajstić information content (AvgIpc) is 3.23. The Labute approximate surface area is 211 Å². The van der Waals surface area contributed by atoms with Crippen LogP contribution in [0.15, 0.2) is 90.6 Å². The minimum absolute atomic E-state index is 0.0160. The summed E-state index contributed by atoms with van der Waals surface area (Å²) in [6.07, 6.45) is 4.25. The average molecular weight is 483 g/mol. The van der Waals surface area contributed by atoms with Crippen LogP contribution in [0.3, 0.4) is 0 Å². The predicted molar refractivity (Wildman–Crippen MR) is 142 cm³/mol. The van der Waals surface area contributed by atoms with Gasteiger partial charge in [0.15, 0.2) is 0 Å². The fraction of sp³-hybridized carbons (Fsp3) is 0.200. The summed E-state index contributed by atoms with van der Waals surface area (Å²) >= 11 is 0. The molecule has 0 unspecified atom stereocenters. The highest BCUT2D eigenvalue weighted by molar-refractivity contribution is 5.97. The molecule has 0 radical (unpaired) electrons. The van der Waals surface area contributed by atoms with E-state index in [1.165, 1.54) is 5.56 Å². The molecule has 0 aliphatic carbocycles. The number of likely N-dealkylation sites (N-methyl/N-ethyl adjacent to an activating group) is 1. The summed E-state index contributed by atoms with van der Waals surface area (Å²) in [5.41, 5.74) is 4.03. The van der Waals surface area contributed by atoms with Gasteiger partial charge < -0.3 is 19.3 Å². The van der Waals surface area contributed by atoms with Gasteiger partial charge in [0.2, 0.25) is 5.91 Å². The van der Waals surface area contributed by atoms with Gasteiger partial charge in [-0.3, -0.25) is 4.79 Å². The van der Waals surface area contributed by atoms with Crippen molar-refractivity contribution in [1.29, 1.82) is 0 Å². The van der Waals surface area contributed by atoms with Crippen LogP contribution in [0.25, 0.3) is 17.0 Å². The minimum Gasteiger partial charge on any atom is -0.489 e. The first-order valence-electron chi connectivity index (χ1n) is 11.9. The molecule has 0 fully saturated rings. The largest absolute Gasteiger partial charge is 0.489 e. The topological polar surface area (TPSA) is 71.8 Å². The molecular weight excluding hydrogens is 452 g/mol. The number of benzene rings is 3. The van der Waals surface area contributed by atoms with Crippen molar-refractivity contribution in [2.45, 2.75) is 26.5 Å². The van der Waals surface area contributed by atoms with E-state index in [0.29, 0.717) is 18.9 Å². The number of carbonyl (C=O) groups excluding carboxylic acids is 1. The van der Waals surface area contributed by atoms with E-state index in [1.54, 1.807) is 17.9 Å². The number of nitrogens with zero attached hydrogens (tertiary/aromatic N) is 2. The number of hydrogen-bond acceptors (Lipinski definition) is 3. The molecule has 4 aromatic rings. The minimum atomic E-state index is -0.982. The third-order valence-electron chi connectivity index (χ3n) is 6.15. The van der Waals surface area contributed by atoms with Crippen LogP contribution in [-0.4, -0.2) is 40.0 Å². The molecule has 1 amide bonds. The van der Waals surface area contributed by atoms with E-state index < -0.39 is 5.97 Å². The van der Waals surface area contributed by atoms with Gasteiger partial charge in [-0.15, -0.1) is 0 Å². The monoisotopic (exact) mass is 482 g/mol. The predicted octanol–water partition coefficient (Wildman–Crippen LogP) is 5.41. The lowest BCUT2D eigenvalue weighted by Gasteiger charge is -2.18. The SMILES string of the molecule is C/C(=C\c1cn(CC(=O)N(C)CCc2ccccc2)c2ccc(OCc3ccccc3)cc12)C(=O)O. The Kier molecular flexibility index (Phi) is 7.85. The van der Waals surface area contributed by atoms with Gasteiger partial charge in [0.25, 0.3) is 0 Å². The van der Waals surface area contributed by atoms with E-state index >= 15 is 0 Å². The lowest BCUT2D eigenvalue weighted by molar-refractivity contribution is -0.132. The van der Waals surface area contributed by atoms with Crippen LogP contribution >= 0.6 is 0 Å². The first-order valence-corrected chi connectivity index (χ1v) is 11.9. The maximum absolute atomic E-state index is 13.0. The van der Waals surface area contributed by atoms with Crippen molar-refractivity contribution < 1.29 is 19.4 Å². The molecule has 0 saturated carbocycles. The Balaban J connectivity index is 1.55. The lowest BCUT2D eigenvalue weighted by Crippen LogP contribution is -2.31. The third kappa shape index (κ3) is 6.21. The lowest BCUT2D eigenvalue weighted by atomic mass is 10.1. The summed E-state index contributed by atoms with van der Waals surface area (Å²) in [4.78, 5) is 26.2. The van der Waals surface area contributed by atoms with Crippen molar-refractivity contribution in [2.75, 3.05) is 13.6 Å². The fourth-order valence-electron chi connectivity index (χ4n) is 4.01. The second-order valence-electron chi connectivity index (χ2n) is 8.85. The molecule has 1 aromatic heterocycles. The number of rotatable bonds is 10. The molecule has 0 aliphatic heterocycles. The zero-order valence-electron chi connectivity index (χ0n) is 20.6. The number of carboxylic acid groups (broad SMARTS) is 1. The molecule has 4 rings (SSSR count). The van der Waals surface area contributed by atoms with Crippen LogP contribution in [0, 0.1) is 0 Å². The van der Waals surface area contributed by atoms with Gasteiger partial charge in [0.1, 0.15) is 18.9 Å². The molecule has 1 heterocycles. The molecule has 0 bridgehead atoms. The van der Waals surface area contributed by atoms with Gasteiger partial charge in [-0.25, -0.2) is 4.79 Å². The van der Waals surface area contributed by atoms with Crippen molar-refractivity contribution in [1.82, 2.24) is 9.47 Å². The summed E-state index contributed by atoms with van der Waals surface area (Å²) in [6.45, 7) is 2.76. The second kappa shape index (κ2) is 11.4. The molecule has 0 atom stereocenters. The maximum atomic E-state index is 13.0. The van der Waals surface area contributed by atoms with Crippen LogP contribution in [0.4, 0.5) is 0 Å². The third-order valence-corrected chi connectivity index (χ3v) is 6.15. The van der Waals surface area contributed by atoms with Gasteiger partial charge in [-0.05, 0) is 48.7 Å². The quantitative estimate of drug-likeness (QED) is 0.307. The molecule has 6 heteroatoms. The van der Waals surface area contributed by atoms with Gasteiger partial charge in [0, 0.05) is 41.8 Å². The number of aromatic nitrogens is 1. The molecule has 184 valence electrons. The molecule has 0 aliphatic rings. The number of ether oxygens (including phenoxy) is 1. The molecule has 1 N–H and O–H groups in total. The maximum Gasteiger partial charge on any atom is 0.331 e. The molecular formula is C30H30N2O4. The summed E-state index contributed by atoms with van der Waals surface area (Å²) < 4.78 is 7.86. The Morgan fingerprint density at radius 2 is 1.64 bits per heavy atom. The van der Waals surface area contributed by atoms with Gasteiger partial charge in [-0.1, -0.05) is 60.7 Å². The smallest absolute Gasteiger partial charge is 0.331 e. The zero-order valence-corrected chi connectivity index (χ0v) is 20.6. The second-order valence-corrected chi connectivity index (χ2v) is 8.85. The Morgan fingerprint density at radius 3 is 2.31 bits per heavy atom. The molecule has 0 spiro atoms. The van der Waals surface area contributed by atoms with Gasteiger partial charge in [0.05, 0.1) is 0 Å². The Bertz CT molecular complexity index is 1370. The van der Waals surface area contributed by atoms with Crippen molar-refractivity contribution >= 4 is 28.9 Å². The van der Waals surface area contributed by atoms with Crippen LogP contribution in [0.1, 0.15) is 23.6 Å². The number of carbonyl (C=O) groups is 2. The highest BCUT2D eigenvalue weighted by atomic mass is 16.5. The standard InChI is InChI=1S/C30H30N2O4/c1-22(30(34)35)17-25-19-32(20-29(33)31(2)16-15-23-9-5-3-6-10-23)28-14-13-26(18-27(25)28)36-21-24-11-7-4-8-12-24/h3-14,17-19H,15-16,20-21H2,1-2H3,(H,34,35)/b22-17+. The van der Waals surface area contributed by atoms with E-state index in [2.05, 4.69) is 12.1 Å². The van der Waals surface area contributed by atoms with E-state index in [-0.39, 0.29) is 18.0 Å². The van der Waals surface area contributed by atoms with Crippen molar-refractivity contribution in [3.63, 3.8) is 0 Å². The van der Waals surface area contributed by atoms with E-state index in [1.807, 2.05) is 84.5 Å². The highest BCUT2D eigenvalue weighted by Gasteiger charge is 2.15. The van der Waals surface area contributed by atoms with E-state index in [4.69, 9.17) is 4.74 Å². The van der Waals surface area contributed by atoms with Crippen LogP contribution < -0.4 is 4.74 Å². The number of amides is 1. The summed E-state index contributed by atoms with van der Waals surface area (Å²) in [7, 11) is 1.81. The molecule has 0 saturated heterocycles. The van der Waals surface area contributed by atoms with Gasteiger partial charge >= 0.3 is 5.97 Å². The Morgan fingerprint density at radius 1 is 0.972 bits per heavy atom. The number of carboxylic acids is 1. The normalized spacial score (nSPS) is 11.4. The molecule has 36 heavy (non-hydrogen) atoms. The van der Waals surface area contributed by atoms with Crippen molar-refractivity contribution in [2.24, 2.45) is 0 Å².